The van der Waals surface area contributed by atoms with Gasteiger partial charge in [-0.2, -0.15) is 0 Å². The number of halogens is 2. The molecule has 0 heterocycles. The SMILES string of the molecule is CC(C)CNC(=O)C(C)N(Cc1ccc(Br)cc1)C(=O)COc1ccccc1Cl. The Kier molecular flexibility index (Phi) is 8.99. The van der Waals surface area contributed by atoms with E-state index in [1.165, 1.54) is 4.90 Å². The summed E-state index contributed by atoms with van der Waals surface area (Å²) in [6.07, 6.45) is 0. The van der Waals surface area contributed by atoms with Gasteiger partial charge in [0, 0.05) is 17.6 Å². The fourth-order valence-corrected chi connectivity index (χ4v) is 3.06. The van der Waals surface area contributed by atoms with Crippen LogP contribution in [0.25, 0.3) is 0 Å². The normalized spacial score (nSPS) is 11.8. The average molecular weight is 482 g/mol. The van der Waals surface area contributed by atoms with Crippen molar-refractivity contribution in [1.82, 2.24) is 10.2 Å². The molecule has 0 aliphatic rings. The van der Waals surface area contributed by atoms with E-state index in [0.717, 1.165) is 10.0 Å². The molecule has 1 unspecified atom stereocenters. The van der Waals surface area contributed by atoms with Crippen LogP contribution >= 0.6 is 27.5 Å². The lowest BCUT2D eigenvalue weighted by Crippen LogP contribution is -2.49. The maximum Gasteiger partial charge on any atom is 0.261 e. The molecular formula is C22H26BrClN2O3. The number of ether oxygens (including phenoxy) is 1. The fourth-order valence-electron chi connectivity index (χ4n) is 2.61. The highest BCUT2D eigenvalue weighted by atomic mass is 79.9. The maximum atomic E-state index is 13.0. The smallest absolute Gasteiger partial charge is 0.261 e. The van der Waals surface area contributed by atoms with E-state index >= 15 is 0 Å². The van der Waals surface area contributed by atoms with E-state index in [4.69, 9.17) is 16.3 Å². The maximum absolute atomic E-state index is 13.0. The van der Waals surface area contributed by atoms with Crippen molar-refractivity contribution in [3.63, 3.8) is 0 Å². The first kappa shape index (κ1) is 23.2. The number of benzene rings is 2. The Balaban J connectivity index is 2.13. The van der Waals surface area contributed by atoms with Gasteiger partial charge in [0.25, 0.3) is 5.91 Å². The highest BCUT2D eigenvalue weighted by Crippen LogP contribution is 2.23. The Morgan fingerprint density at radius 1 is 1.10 bits per heavy atom. The lowest BCUT2D eigenvalue weighted by Gasteiger charge is -2.29. The molecule has 29 heavy (non-hydrogen) atoms. The quantitative estimate of drug-likeness (QED) is 0.566. The summed E-state index contributed by atoms with van der Waals surface area (Å²) in [5, 5.41) is 3.33. The van der Waals surface area contributed by atoms with Gasteiger partial charge in [0.2, 0.25) is 5.91 Å². The van der Waals surface area contributed by atoms with Crippen LogP contribution < -0.4 is 10.1 Å². The number of nitrogens with one attached hydrogen (secondary N) is 1. The minimum absolute atomic E-state index is 0.193. The molecule has 5 nitrogen and oxygen atoms in total. The summed E-state index contributed by atoms with van der Waals surface area (Å²) in [6.45, 7) is 6.41. The fraction of sp³-hybridized carbons (Fsp3) is 0.364. The number of amides is 2. The summed E-state index contributed by atoms with van der Waals surface area (Å²) >= 11 is 9.50. The van der Waals surface area contributed by atoms with Crippen LogP contribution in [-0.2, 0) is 16.1 Å². The van der Waals surface area contributed by atoms with E-state index in [-0.39, 0.29) is 18.4 Å². The van der Waals surface area contributed by atoms with Crippen molar-refractivity contribution >= 4 is 39.3 Å². The van der Waals surface area contributed by atoms with Crippen molar-refractivity contribution in [3.05, 3.63) is 63.6 Å². The van der Waals surface area contributed by atoms with Crippen LogP contribution in [0, 0.1) is 5.92 Å². The third kappa shape index (κ3) is 7.37. The Hall–Kier alpha value is -2.05. The largest absolute Gasteiger partial charge is 0.482 e. The lowest BCUT2D eigenvalue weighted by molar-refractivity contribution is -0.142. The molecule has 0 bridgehead atoms. The van der Waals surface area contributed by atoms with E-state index in [1.54, 1.807) is 31.2 Å². The summed E-state index contributed by atoms with van der Waals surface area (Å²) in [7, 11) is 0. The first-order chi connectivity index (χ1) is 13.8. The second-order valence-electron chi connectivity index (χ2n) is 7.18. The predicted molar refractivity (Wildman–Crippen MR) is 119 cm³/mol. The molecule has 0 radical (unpaired) electrons. The Morgan fingerprint density at radius 2 is 1.76 bits per heavy atom. The van der Waals surface area contributed by atoms with E-state index in [9.17, 15) is 9.59 Å². The van der Waals surface area contributed by atoms with Gasteiger partial charge in [-0.05, 0) is 42.7 Å². The highest BCUT2D eigenvalue weighted by Gasteiger charge is 2.26. The van der Waals surface area contributed by atoms with E-state index < -0.39 is 6.04 Å². The minimum Gasteiger partial charge on any atom is -0.482 e. The zero-order valence-electron chi connectivity index (χ0n) is 16.8. The molecule has 0 aliphatic carbocycles. The van der Waals surface area contributed by atoms with Crippen molar-refractivity contribution in [2.75, 3.05) is 13.2 Å². The topological polar surface area (TPSA) is 58.6 Å². The van der Waals surface area contributed by atoms with Crippen LogP contribution in [0.1, 0.15) is 26.3 Å². The summed E-state index contributed by atoms with van der Waals surface area (Å²) in [5.74, 6) is 0.273. The highest BCUT2D eigenvalue weighted by molar-refractivity contribution is 9.10. The Labute approximate surface area is 185 Å². The molecule has 1 atom stereocenters. The molecule has 0 spiro atoms. The van der Waals surface area contributed by atoms with Gasteiger partial charge in [-0.3, -0.25) is 9.59 Å². The molecule has 7 heteroatoms. The lowest BCUT2D eigenvalue weighted by atomic mass is 10.1. The van der Waals surface area contributed by atoms with Crippen LogP contribution in [0.2, 0.25) is 5.02 Å². The van der Waals surface area contributed by atoms with Crippen molar-refractivity contribution < 1.29 is 14.3 Å². The molecule has 0 aromatic heterocycles. The summed E-state index contributed by atoms with van der Waals surface area (Å²) < 4.78 is 6.55. The van der Waals surface area contributed by atoms with Gasteiger partial charge in [-0.1, -0.05) is 65.6 Å². The summed E-state index contributed by atoms with van der Waals surface area (Å²) in [5.41, 5.74) is 0.919. The molecule has 0 aliphatic heterocycles. The van der Waals surface area contributed by atoms with E-state index in [1.807, 2.05) is 38.1 Å². The average Bonchev–Trinajstić information content (AvgIpc) is 2.70. The van der Waals surface area contributed by atoms with E-state index in [0.29, 0.717) is 29.8 Å². The van der Waals surface area contributed by atoms with Crippen LogP contribution in [0.4, 0.5) is 0 Å². The molecular weight excluding hydrogens is 456 g/mol. The first-order valence-electron chi connectivity index (χ1n) is 9.47. The van der Waals surface area contributed by atoms with Gasteiger partial charge >= 0.3 is 0 Å². The molecule has 2 rings (SSSR count). The monoisotopic (exact) mass is 480 g/mol. The number of carbonyl (C=O) groups excluding carboxylic acids is 2. The molecule has 2 amide bonds. The number of nitrogens with zero attached hydrogens (tertiary/aromatic N) is 1. The summed E-state index contributed by atoms with van der Waals surface area (Å²) in [4.78, 5) is 27.1. The molecule has 2 aromatic carbocycles. The molecule has 0 saturated heterocycles. The number of hydrogen-bond acceptors (Lipinski definition) is 3. The van der Waals surface area contributed by atoms with Crippen LogP contribution in [0.5, 0.6) is 5.75 Å². The van der Waals surface area contributed by atoms with Crippen LogP contribution in [0.15, 0.2) is 53.0 Å². The Morgan fingerprint density at radius 3 is 2.38 bits per heavy atom. The van der Waals surface area contributed by atoms with Gasteiger partial charge < -0.3 is 15.0 Å². The number of carbonyl (C=O) groups is 2. The standard InChI is InChI=1S/C22H26BrClN2O3/c1-15(2)12-25-22(28)16(3)26(13-17-8-10-18(23)11-9-17)21(27)14-29-20-7-5-4-6-19(20)24/h4-11,15-16H,12-14H2,1-3H3,(H,25,28). The van der Waals surface area contributed by atoms with Crippen molar-refractivity contribution in [1.29, 1.82) is 0 Å². The third-order valence-corrected chi connectivity index (χ3v) is 5.15. The van der Waals surface area contributed by atoms with Crippen molar-refractivity contribution in [3.8, 4) is 5.75 Å². The minimum atomic E-state index is -0.639. The molecule has 0 fully saturated rings. The van der Waals surface area contributed by atoms with Gasteiger partial charge in [0.15, 0.2) is 6.61 Å². The van der Waals surface area contributed by atoms with E-state index in [2.05, 4.69) is 21.2 Å². The zero-order valence-corrected chi connectivity index (χ0v) is 19.2. The van der Waals surface area contributed by atoms with Crippen molar-refractivity contribution in [2.24, 2.45) is 5.92 Å². The molecule has 1 N–H and O–H groups in total. The van der Waals surface area contributed by atoms with Gasteiger partial charge in [-0.25, -0.2) is 0 Å². The molecule has 156 valence electrons. The Bertz CT molecular complexity index is 827. The molecule has 2 aromatic rings. The summed E-state index contributed by atoms with van der Waals surface area (Å²) in [6, 6.07) is 14.0. The zero-order chi connectivity index (χ0) is 21.4. The van der Waals surface area contributed by atoms with Gasteiger partial charge in [-0.15, -0.1) is 0 Å². The van der Waals surface area contributed by atoms with Gasteiger partial charge in [0.05, 0.1) is 5.02 Å². The third-order valence-electron chi connectivity index (χ3n) is 4.31. The van der Waals surface area contributed by atoms with Crippen LogP contribution in [-0.4, -0.2) is 35.9 Å². The number of rotatable bonds is 9. The number of hydrogen-bond donors (Lipinski definition) is 1. The second-order valence-corrected chi connectivity index (χ2v) is 8.51. The predicted octanol–water partition coefficient (Wildman–Crippen LogP) is 4.67. The van der Waals surface area contributed by atoms with Crippen LogP contribution in [0.3, 0.4) is 0 Å². The van der Waals surface area contributed by atoms with Gasteiger partial charge in [0.1, 0.15) is 11.8 Å². The first-order valence-corrected chi connectivity index (χ1v) is 10.6. The van der Waals surface area contributed by atoms with Crippen molar-refractivity contribution in [2.45, 2.75) is 33.4 Å². The molecule has 0 saturated carbocycles. The number of para-hydroxylation sites is 1. The second kappa shape index (κ2) is 11.2.